The van der Waals surface area contributed by atoms with E-state index in [0.717, 1.165) is 0 Å². The van der Waals surface area contributed by atoms with Crippen LogP contribution in [0.5, 0.6) is 0 Å². The molecule has 15 heteroatoms. The molecule has 10 unspecified atom stereocenters. The van der Waals surface area contributed by atoms with E-state index in [-0.39, 0.29) is 32.4 Å². The van der Waals surface area contributed by atoms with Gasteiger partial charge in [0.05, 0.1) is 38.7 Å². The largest absolute Gasteiger partial charge is 0.394 e. The van der Waals surface area contributed by atoms with Gasteiger partial charge in [0.1, 0.15) is 42.7 Å². The number of halogens is 1. The normalized spacial score (nSPS) is 39.3. The standard InChI is InChI=1S/C19H36BrO13P/c1-3-29-34(27,30-4-2)8-5-10-12(22)14(24)16(26)18(31-10)33-17-15(25)13(23)11(9-21)32-19(17)28-7-6-20/h10-19,21-26H,3-9H2,1-2H3. The van der Waals surface area contributed by atoms with Gasteiger partial charge >= 0.3 is 7.60 Å². The molecular formula is C19H36BrO13P. The summed E-state index contributed by atoms with van der Waals surface area (Å²) < 4.78 is 45.5. The molecule has 0 saturated carbocycles. The van der Waals surface area contributed by atoms with Crippen LogP contribution in [0.2, 0.25) is 0 Å². The van der Waals surface area contributed by atoms with Gasteiger partial charge in [0.25, 0.3) is 0 Å². The van der Waals surface area contributed by atoms with Crippen LogP contribution in [0.1, 0.15) is 20.3 Å². The van der Waals surface area contributed by atoms with Crippen LogP contribution < -0.4 is 0 Å². The van der Waals surface area contributed by atoms with E-state index in [9.17, 15) is 35.2 Å². The molecule has 0 aliphatic carbocycles. The Morgan fingerprint density at radius 1 is 0.853 bits per heavy atom. The molecule has 0 aromatic rings. The summed E-state index contributed by atoms with van der Waals surface area (Å²) in [6, 6.07) is 0. The molecule has 2 saturated heterocycles. The first-order chi connectivity index (χ1) is 16.1. The van der Waals surface area contributed by atoms with Gasteiger partial charge < -0.3 is 58.6 Å². The van der Waals surface area contributed by atoms with Crippen molar-refractivity contribution in [3.63, 3.8) is 0 Å². The number of hydrogen-bond donors (Lipinski definition) is 6. The van der Waals surface area contributed by atoms with Gasteiger partial charge in [0.15, 0.2) is 12.6 Å². The van der Waals surface area contributed by atoms with E-state index in [1.54, 1.807) is 13.8 Å². The molecule has 2 fully saturated rings. The van der Waals surface area contributed by atoms with E-state index >= 15 is 0 Å². The average molecular weight is 583 g/mol. The molecule has 2 aliphatic rings. The van der Waals surface area contributed by atoms with Gasteiger partial charge in [0, 0.05) is 5.33 Å². The van der Waals surface area contributed by atoms with E-state index in [4.69, 9.17) is 28.0 Å². The van der Waals surface area contributed by atoms with Crippen LogP contribution in [0.25, 0.3) is 0 Å². The highest BCUT2D eigenvalue weighted by Crippen LogP contribution is 2.49. The maximum Gasteiger partial charge on any atom is 0.330 e. The first kappa shape index (κ1) is 30.5. The second-order valence-corrected chi connectivity index (χ2v) is 10.8. The first-order valence-corrected chi connectivity index (χ1v) is 14.0. The number of aliphatic hydroxyl groups excluding tert-OH is 6. The zero-order valence-corrected chi connectivity index (χ0v) is 21.6. The molecule has 10 atom stereocenters. The third kappa shape index (κ3) is 7.62. The molecule has 0 bridgehead atoms. The zero-order chi connectivity index (χ0) is 25.5. The molecule has 0 aromatic carbocycles. The smallest absolute Gasteiger partial charge is 0.330 e. The van der Waals surface area contributed by atoms with Crippen LogP contribution in [-0.4, -0.2) is 130 Å². The SMILES string of the molecule is CCOP(=O)(CCC1OC(OC2C(OCCBr)OC(CO)C(O)C2O)C(O)C(O)C1O)OCC. The molecule has 202 valence electrons. The third-order valence-corrected chi connectivity index (χ3v) is 7.92. The Labute approximate surface area is 206 Å². The topological polar surface area (TPSA) is 194 Å². The van der Waals surface area contributed by atoms with Crippen molar-refractivity contribution in [1.29, 1.82) is 0 Å². The van der Waals surface area contributed by atoms with Gasteiger partial charge in [-0.3, -0.25) is 4.57 Å². The quantitative estimate of drug-likeness (QED) is 0.111. The third-order valence-electron chi connectivity index (χ3n) is 5.48. The molecule has 2 heterocycles. The summed E-state index contributed by atoms with van der Waals surface area (Å²) in [5.74, 6) is 0. The minimum Gasteiger partial charge on any atom is -0.394 e. The van der Waals surface area contributed by atoms with Crippen LogP contribution >= 0.6 is 23.5 Å². The number of alkyl halides is 1. The van der Waals surface area contributed by atoms with Gasteiger partial charge in [-0.1, -0.05) is 15.9 Å². The fraction of sp³-hybridized carbons (Fsp3) is 1.00. The lowest BCUT2D eigenvalue weighted by atomic mass is 9.96. The van der Waals surface area contributed by atoms with Crippen LogP contribution in [0.3, 0.4) is 0 Å². The molecular weight excluding hydrogens is 547 g/mol. The van der Waals surface area contributed by atoms with Crippen molar-refractivity contribution < 1.29 is 63.2 Å². The van der Waals surface area contributed by atoms with Crippen molar-refractivity contribution in [2.75, 3.05) is 37.9 Å². The van der Waals surface area contributed by atoms with E-state index in [0.29, 0.717) is 5.33 Å². The number of ether oxygens (including phenoxy) is 4. The summed E-state index contributed by atoms with van der Waals surface area (Å²) >= 11 is 3.19. The fourth-order valence-corrected chi connectivity index (χ4v) is 5.64. The first-order valence-electron chi connectivity index (χ1n) is 11.2. The summed E-state index contributed by atoms with van der Waals surface area (Å²) in [6.45, 7) is 3.14. The zero-order valence-electron chi connectivity index (χ0n) is 19.1. The molecule has 2 aliphatic heterocycles. The Morgan fingerprint density at radius 3 is 2.00 bits per heavy atom. The highest BCUT2D eigenvalue weighted by atomic mass is 79.9. The van der Waals surface area contributed by atoms with Crippen molar-refractivity contribution in [3.8, 4) is 0 Å². The van der Waals surface area contributed by atoms with Crippen LogP contribution in [0.4, 0.5) is 0 Å². The summed E-state index contributed by atoms with van der Waals surface area (Å²) in [6.07, 6.45) is -14.7. The highest BCUT2D eigenvalue weighted by molar-refractivity contribution is 9.09. The van der Waals surface area contributed by atoms with Gasteiger partial charge in [-0.25, -0.2) is 0 Å². The Morgan fingerprint density at radius 2 is 1.44 bits per heavy atom. The van der Waals surface area contributed by atoms with Gasteiger partial charge in [0.2, 0.25) is 0 Å². The Bertz CT molecular complexity index is 635. The van der Waals surface area contributed by atoms with Crippen molar-refractivity contribution in [3.05, 3.63) is 0 Å². The van der Waals surface area contributed by atoms with Crippen molar-refractivity contribution in [1.82, 2.24) is 0 Å². The molecule has 6 N–H and O–H groups in total. The van der Waals surface area contributed by atoms with E-state index in [1.807, 2.05) is 0 Å². The molecule has 34 heavy (non-hydrogen) atoms. The summed E-state index contributed by atoms with van der Waals surface area (Å²) in [4.78, 5) is 0. The highest BCUT2D eigenvalue weighted by Gasteiger charge is 2.51. The summed E-state index contributed by atoms with van der Waals surface area (Å²) in [5, 5.41) is 61.8. The lowest BCUT2D eigenvalue weighted by Gasteiger charge is -2.46. The average Bonchev–Trinajstić information content (AvgIpc) is 2.81. The van der Waals surface area contributed by atoms with Crippen molar-refractivity contribution in [2.24, 2.45) is 0 Å². The minimum atomic E-state index is -3.47. The Hall–Kier alpha value is 0.230. The van der Waals surface area contributed by atoms with Crippen LogP contribution in [-0.2, 0) is 32.6 Å². The van der Waals surface area contributed by atoms with E-state index in [1.165, 1.54) is 0 Å². The number of aliphatic hydroxyl groups is 6. The van der Waals surface area contributed by atoms with Crippen LogP contribution in [0, 0.1) is 0 Å². The van der Waals surface area contributed by atoms with Crippen molar-refractivity contribution >= 4 is 23.5 Å². The number of rotatable bonds is 13. The second-order valence-electron chi connectivity index (χ2n) is 7.84. The molecule has 13 nitrogen and oxygen atoms in total. The fourth-order valence-electron chi connectivity index (χ4n) is 3.76. The molecule has 0 spiro atoms. The predicted molar refractivity (Wildman–Crippen MR) is 119 cm³/mol. The van der Waals surface area contributed by atoms with Crippen molar-refractivity contribution in [2.45, 2.75) is 81.7 Å². The van der Waals surface area contributed by atoms with E-state index < -0.39 is 75.6 Å². The maximum atomic E-state index is 12.7. The van der Waals surface area contributed by atoms with Gasteiger partial charge in [-0.05, 0) is 20.3 Å². The summed E-state index contributed by atoms with van der Waals surface area (Å²) in [5.41, 5.74) is 0. The molecule has 0 amide bonds. The Kier molecular flexibility index (Phi) is 12.8. The molecule has 0 aromatic heterocycles. The molecule has 0 radical (unpaired) electrons. The predicted octanol–water partition coefficient (Wildman–Crippen LogP) is -1.31. The lowest BCUT2D eigenvalue weighted by Crippen LogP contribution is -2.64. The monoisotopic (exact) mass is 582 g/mol. The van der Waals surface area contributed by atoms with Crippen LogP contribution in [0.15, 0.2) is 0 Å². The number of hydrogen-bond acceptors (Lipinski definition) is 13. The van der Waals surface area contributed by atoms with Gasteiger partial charge in [-0.15, -0.1) is 0 Å². The minimum absolute atomic E-state index is 0.0649. The lowest BCUT2D eigenvalue weighted by molar-refractivity contribution is -0.365. The van der Waals surface area contributed by atoms with E-state index in [2.05, 4.69) is 15.9 Å². The summed E-state index contributed by atoms with van der Waals surface area (Å²) in [7, 11) is -3.47. The van der Waals surface area contributed by atoms with Gasteiger partial charge in [-0.2, -0.15) is 0 Å². The second kappa shape index (κ2) is 14.2. The maximum absolute atomic E-state index is 12.7. The Balaban J connectivity index is 2.15. The molecule has 2 rings (SSSR count).